The Bertz CT molecular complexity index is 989. The van der Waals surface area contributed by atoms with Gasteiger partial charge in [0, 0.05) is 23.6 Å². The molecule has 0 atom stereocenters. The first kappa shape index (κ1) is 18.9. The molecule has 1 amide bonds. The quantitative estimate of drug-likeness (QED) is 0.462. The highest BCUT2D eigenvalue weighted by Gasteiger charge is 2.10. The molecule has 0 N–H and O–H groups in total. The lowest BCUT2D eigenvalue weighted by Crippen LogP contribution is -2.19. The molecular weight excluding hydrogens is 364 g/mol. The summed E-state index contributed by atoms with van der Waals surface area (Å²) in [6.07, 6.45) is 2.00. The minimum absolute atomic E-state index is 0.214. The van der Waals surface area contributed by atoms with Crippen LogP contribution in [0.25, 0.3) is 10.2 Å². The maximum Gasteiger partial charge on any atom is 0.279 e. The lowest BCUT2D eigenvalue weighted by molar-refractivity contribution is 0.0996. The SMILES string of the molecule is CCOCCn1c(=NC(=O)c2cccc(SC)c2)sc2cc(C)ccc21. The summed E-state index contributed by atoms with van der Waals surface area (Å²) in [5.74, 6) is -0.214. The molecule has 0 saturated carbocycles. The Labute approximate surface area is 161 Å². The third kappa shape index (κ3) is 4.26. The van der Waals surface area contributed by atoms with Gasteiger partial charge in [-0.1, -0.05) is 23.5 Å². The number of hydrogen-bond donors (Lipinski definition) is 0. The van der Waals surface area contributed by atoms with Crippen LogP contribution in [0.2, 0.25) is 0 Å². The number of thioether (sulfide) groups is 1. The Kier molecular flexibility index (Phi) is 6.29. The Morgan fingerprint density at radius 1 is 1.27 bits per heavy atom. The molecule has 3 rings (SSSR count). The maximum absolute atomic E-state index is 12.7. The number of rotatable bonds is 6. The van der Waals surface area contributed by atoms with Gasteiger partial charge >= 0.3 is 0 Å². The van der Waals surface area contributed by atoms with Gasteiger partial charge in [-0.3, -0.25) is 4.79 Å². The van der Waals surface area contributed by atoms with Gasteiger partial charge in [-0.25, -0.2) is 0 Å². The number of fused-ring (bicyclic) bond motifs is 1. The highest BCUT2D eigenvalue weighted by atomic mass is 32.2. The van der Waals surface area contributed by atoms with Crippen LogP contribution in [0.3, 0.4) is 0 Å². The predicted molar refractivity (Wildman–Crippen MR) is 109 cm³/mol. The standard InChI is InChI=1S/C20H22N2O2S2/c1-4-24-11-10-22-17-9-8-14(2)12-18(17)26-20(22)21-19(23)15-6-5-7-16(13-15)25-3/h5-9,12-13H,4,10-11H2,1-3H3. The molecule has 136 valence electrons. The van der Waals surface area contributed by atoms with Crippen molar-refractivity contribution in [2.75, 3.05) is 19.5 Å². The fraction of sp³-hybridized carbons (Fsp3) is 0.300. The van der Waals surface area contributed by atoms with Crippen LogP contribution >= 0.6 is 23.1 Å². The van der Waals surface area contributed by atoms with Crippen LogP contribution in [0, 0.1) is 6.92 Å². The Hall–Kier alpha value is -1.89. The summed E-state index contributed by atoms with van der Waals surface area (Å²) in [6.45, 7) is 5.99. The lowest BCUT2D eigenvalue weighted by Gasteiger charge is -2.05. The molecule has 0 aliphatic carbocycles. The highest BCUT2D eigenvalue weighted by molar-refractivity contribution is 7.98. The van der Waals surface area contributed by atoms with Crippen molar-refractivity contribution in [1.29, 1.82) is 0 Å². The predicted octanol–water partition coefficient (Wildman–Crippen LogP) is 4.51. The van der Waals surface area contributed by atoms with Gasteiger partial charge in [-0.2, -0.15) is 4.99 Å². The van der Waals surface area contributed by atoms with E-state index in [0.717, 1.165) is 15.1 Å². The van der Waals surface area contributed by atoms with E-state index in [0.29, 0.717) is 30.1 Å². The third-order valence-corrected chi connectivity index (χ3v) is 5.78. The number of aromatic nitrogens is 1. The summed E-state index contributed by atoms with van der Waals surface area (Å²) in [5, 5.41) is 0. The van der Waals surface area contributed by atoms with Crippen LogP contribution in [-0.4, -0.2) is 29.9 Å². The van der Waals surface area contributed by atoms with E-state index < -0.39 is 0 Å². The molecule has 3 aromatic rings. The Balaban J connectivity index is 2.05. The molecule has 1 heterocycles. The number of carbonyl (C=O) groups is 1. The minimum Gasteiger partial charge on any atom is -0.380 e. The fourth-order valence-corrected chi connectivity index (χ4v) is 4.30. The number of amides is 1. The minimum atomic E-state index is -0.214. The monoisotopic (exact) mass is 386 g/mol. The van der Waals surface area contributed by atoms with Gasteiger partial charge in [0.25, 0.3) is 5.91 Å². The van der Waals surface area contributed by atoms with Gasteiger partial charge in [0.2, 0.25) is 0 Å². The number of aryl methyl sites for hydroxylation is 1. The van der Waals surface area contributed by atoms with Gasteiger partial charge in [0.1, 0.15) is 0 Å². The van der Waals surface area contributed by atoms with Crippen molar-refractivity contribution in [3.05, 3.63) is 58.4 Å². The van der Waals surface area contributed by atoms with E-state index >= 15 is 0 Å². The normalized spacial score (nSPS) is 12.0. The number of carbonyl (C=O) groups excluding carboxylic acids is 1. The molecule has 26 heavy (non-hydrogen) atoms. The molecule has 2 aromatic carbocycles. The molecule has 0 unspecified atom stereocenters. The maximum atomic E-state index is 12.7. The van der Waals surface area contributed by atoms with Crippen molar-refractivity contribution in [2.45, 2.75) is 25.3 Å². The van der Waals surface area contributed by atoms with Crippen LogP contribution in [0.4, 0.5) is 0 Å². The van der Waals surface area contributed by atoms with E-state index in [4.69, 9.17) is 4.74 Å². The molecule has 0 bridgehead atoms. The van der Waals surface area contributed by atoms with E-state index in [9.17, 15) is 4.79 Å². The fourth-order valence-electron chi connectivity index (χ4n) is 2.69. The Morgan fingerprint density at radius 2 is 2.12 bits per heavy atom. The summed E-state index contributed by atoms with van der Waals surface area (Å²) < 4.78 is 8.71. The van der Waals surface area contributed by atoms with Crippen LogP contribution < -0.4 is 4.80 Å². The van der Waals surface area contributed by atoms with E-state index in [1.807, 2.05) is 37.4 Å². The van der Waals surface area contributed by atoms with E-state index in [-0.39, 0.29) is 5.91 Å². The van der Waals surface area contributed by atoms with Gasteiger partial charge in [0.05, 0.1) is 16.8 Å². The van der Waals surface area contributed by atoms with Gasteiger partial charge < -0.3 is 9.30 Å². The number of thiazole rings is 1. The van der Waals surface area contributed by atoms with Gasteiger partial charge in [-0.15, -0.1) is 11.8 Å². The summed E-state index contributed by atoms with van der Waals surface area (Å²) in [7, 11) is 0. The first-order valence-corrected chi connectivity index (χ1v) is 10.6. The van der Waals surface area contributed by atoms with Crippen molar-refractivity contribution in [3.63, 3.8) is 0 Å². The van der Waals surface area contributed by atoms with Gasteiger partial charge in [0.15, 0.2) is 4.80 Å². The largest absolute Gasteiger partial charge is 0.380 e. The zero-order valence-electron chi connectivity index (χ0n) is 15.2. The number of ether oxygens (including phenoxy) is 1. The summed E-state index contributed by atoms with van der Waals surface area (Å²) in [6, 6.07) is 13.9. The van der Waals surface area contributed by atoms with E-state index in [2.05, 4.69) is 34.7 Å². The molecule has 0 saturated heterocycles. The van der Waals surface area contributed by atoms with Crippen molar-refractivity contribution < 1.29 is 9.53 Å². The summed E-state index contributed by atoms with van der Waals surface area (Å²) in [5.41, 5.74) is 2.90. The van der Waals surface area contributed by atoms with Crippen LogP contribution in [-0.2, 0) is 11.3 Å². The number of nitrogens with zero attached hydrogens (tertiary/aromatic N) is 2. The highest BCUT2D eigenvalue weighted by Crippen LogP contribution is 2.20. The number of hydrogen-bond acceptors (Lipinski definition) is 4. The molecule has 1 aromatic heterocycles. The topological polar surface area (TPSA) is 43.6 Å². The zero-order valence-corrected chi connectivity index (χ0v) is 16.8. The van der Waals surface area contributed by atoms with Crippen molar-refractivity contribution in [3.8, 4) is 0 Å². The van der Waals surface area contributed by atoms with Crippen molar-refractivity contribution in [1.82, 2.24) is 4.57 Å². The Morgan fingerprint density at radius 3 is 2.88 bits per heavy atom. The first-order valence-electron chi connectivity index (χ1n) is 8.53. The van der Waals surface area contributed by atoms with E-state index in [1.54, 1.807) is 23.1 Å². The van der Waals surface area contributed by atoms with Crippen molar-refractivity contribution in [2.24, 2.45) is 4.99 Å². The van der Waals surface area contributed by atoms with Crippen LogP contribution in [0.15, 0.2) is 52.4 Å². The van der Waals surface area contributed by atoms with E-state index in [1.165, 1.54) is 5.56 Å². The summed E-state index contributed by atoms with van der Waals surface area (Å²) in [4.78, 5) is 18.9. The number of benzene rings is 2. The second-order valence-corrected chi connectivity index (χ2v) is 7.74. The lowest BCUT2D eigenvalue weighted by atomic mass is 10.2. The van der Waals surface area contributed by atoms with Crippen LogP contribution in [0.5, 0.6) is 0 Å². The second kappa shape index (κ2) is 8.66. The van der Waals surface area contributed by atoms with Crippen molar-refractivity contribution >= 4 is 39.2 Å². The zero-order chi connectivity index (χ0) is 18.5. The molecule has 0 spiro atoms. The molecule has 6 heteroatoms. The molecule has 4 nitrogen and oxygen atoms in total. The molecule has 0 aliphatic heterocycles. The molecule has 0 radical (unpaired) electrons. The molecule has 0 fully saturated rings. The van der Waals surface area contributed by atoms with Crippen LogP contribution in [0.1, 0.15) is 22.8 Å². The first-order chi connectivity index (χ1) is 12.6. The smallest absolute Gasteiger partial charge is 0.279 e. The average Bonchev–Trinajstić information content (AvgIpc) is 2.98. The summed E-state index contributed by atoms with van der Waals surface area (Å²) >= 11 is 3.16. The molecule has 0 aliphatic rings. The average molecular weight is 387 g/mol. The second-order valence-electron chi connectivity index (χ2n) is 5.85. The molecular formula is C20H22N2O2S2. The van der Waals surface area contributed by atoms with Gasteiger partial charge in [-0.05, 0) is 56.0 Å². The third-order valence-electron chi connectivity index (χ3n) is 4.02.